The Bertz CT molecular complexity index is 260. The smallest absolute Gasteiger partial charge is 0.147 e. The van der Waals surface area contributed by atoms with Gasteiger partial charge in [-0.2, -0.15) is 0 Å². The Balaban J connectivity index is 4.01. The van der Waals surface area contributed by atoms with Crippen molar-refractivity contribution in [1.82, 2.24) is 5.32 Å². The van der Waals surface area contributed by atoms with Gasteiger partial charge in [0.25, 0.3) is 0 Å². The molecule has 0 aromatic carbocycles. The van der Waals surface area contributed by atoms with Crippen LogP contribution in [-0.2, 0) is 9.84 Å². The Morgan fingerprint density at radius 1 is 1.20 bits per heavy atom. The third-order valence-electron chi connectivity index (χ3n) is 3.09. The summed E-state index contributed by atoms with van der Waals surface area (Å²) >= 11 is 0. The molecule has 4 heteroatoms. The van der Waals surface area contributed by atoms with Crippen LogP contribution in [-0.4, -0.2) is 33.5 Å². The van der Waals surface area contributed by atoms with E-state index in [0.29, 0.717) is 23.6 Å². The highest BCUT2D eigenvalue weighted by atomic mass is 32.2. The van der Waals surface area contributed by atoms with Gasteiger partial charge in [-0.3, -0.25) is 0 Å². The van der Waals surface area contributed by atoms with E-state index in [2.05, 4.69) is 26.1 Å². The standard InChI is InChI=1S/C11H25NO2S/c1-9(2)10(3)11(12-4)7-6-8-15(5,13)14/h9-12H,6-8H2,1-5H3. The monoisotopic (exact) mass is 235 g/mol. The first-order valence-electron chi connectivity index (χ1n) is 5.63. The van der Waals surface area contributed by atoms with E-state index in [4.69, 9.17) is 0 Å². The van der Waals surface area contributed by atoms with E-state index in [1.807, 2.05) is 7.05 Å². The molecule has 0 radical (unpaired) electrons. The molecule has 2 atom stereocenters. The molecule has 1 N–H and O–H groups in total. The van der Waals surface area contributed by atoms with E-state index in [0.717, 1.165) is 12.8 Å². The van der Waals surface area contributed by atoms with Crippen molar-refractivity contribution < 1.29 is 8.42 Å². The van der Waals surface area contributed by atoms with E-state index < -0.39 is 9.84 Å². The number of rotatable bonds is 7. The second-order valence-corrected chi connectivity index (χ2v) is 7.03. The van der Waals surface area contributed by atoms with E-state index in [1.54, 1.807) is 0 Å². The summed E-state index contributed by atoms with van der Waals surface area (Å²) in [4.78, 5) is 0. The number of sulfone groups is 1. The van der Waals surface area contributed by atoms with Crippen molar-refractivity contribution in [1.29, 1.82) is 0 Å². The molecule has 0 aliphatic rings. The van der Waals surface area contributed by atoms with Crippen molar-refractivity contribution in [2.24, 2.45) is 11.8 Å². The molecule has 0 saturated carbocycles. The van der Waals surface area contributed by atoms with Gasteiger partial charge in [0, 0.05) is 18.1 Å². The SMILES string of the molecule is CNC(CCCS(C)(=O)=O)C(C)C(C)C. The maximum atomic E-state index is 11.0. The highest BCUT2D eigenvalue weighted by Gasteiger charge is 2.18. The predicted molar refractivity (Wildman–Crippen MR) is 65.8 cm³/mol. The maximum Gasteiger partial charge on any atom is 0.147 e. The van der Waals surface area contributed by atoms with E-state index in [-0.39, 0.29) is 0 Å². The van der Waals surface area contributed by atoms with E-state index in [1.165, 1.54) is 6.26 Å². The van der Waals surface area contributed by atoms with Gasteiger partial charge in [0.2, 0.25) is 0 Å². The van der Waals surface area contributed by atoms with Crippen LogP contribution >= 0.6 is 0 Å². The molecule has 0 rings (SSSR count). The van der Waals surface area contributed by atoms with Crippen molar-refractivity contribution in [3.05, 3.63) is 0 Å². The van der Waals surface area contributed by atoms with Crippen molar-refractivity contribution in [3.63, 3.8) is 0 Å². The van der Waals surface area contributed by atoms with Gasteiger partial charge in [0.15, 0.2) is 0 Å². The van der Waals surface area contributed by atoms with Gasteiger partial charge >= 0.3 is 0 Å². The maximum absolute atomic E-state index is 11.0. The fourth-order valence-corrected chi connectivity index (χ4v) is 2.39. The van der Waals surface area contributed by atoms with Gasteiger partial charge in [-0.05, 0) is 31.7 Å². The van der Waals surface area contributed by atoms with Crippen LogP contribution < -0.4 is 5.32 Å². The third-order valence-corrected chi connectivity index (χ3v) is 4.12. The Kier molecular flexibility index (Phi) is 6.44. The molecule has 0 aromatic rings. The summed E-state index contributed by atoms with van der Waals surface area (Å²) in [5.41, 5.74) is 0. The zero-order valence-corrected chi connectivity index (χ0v) is 11.4. The van der Waals surface area contributed by atoms with Gasteiger partial charge < -0.3 is 5.32 Å². The Labute approximate surface area is 94.6 Å². The molecule has 0 heterocycles. The van der Waals surface area contributed by atoms with Crippen molar-refractivity contribution >= 4 is 9.84 Å². The number of nitrogens with one attached hydrogen (secondary N) is 1. The lowest BCUT2D eigenvalue weighted by molar-refractivity contribution is 0.297. The number of hydrogen-bond donors (Lipinski definition) is 1. The Hall–Kier alpha value is -0.0900. The molecule has 3 nitrogen and oxygen atoms in total. The second kappa shape index (κ2) is 6.48. The number of hydrogen-bond acceptors (Lipinski definition) is 3. The van der Waals surface area contributed by atoms with Gasteiger partial charge in [-0.25, -0.2) is 8.42 Å². The van der Waals surface area contributed by atoms with Crippen LogP contribution in [0.4, 0.5) is 0 Å². The quantitative estimate of drug-likeness (QED) is 0.730. The summed E-state index contributed by atoms with van der Waals surface area (Å²) in [7, 11) is -0.853. The molecule has 15 heavy (non-hydrogen) atoms. The molecule has 0 fully saturated rings. The summed E-state index contributed by atoms with van der Waals surface area (Å²) in [6.45, 7) is 6.61. The Morgan fingerprint density at radius 2 is 1.73 bits per heavy atom. The molecular weight excluding hydrogens is 210 g/mol. The van der Waals surface area contributed by atoms with Crippen LogP contribution in [0, 0.1) is 11.8 Å². The first-order chi connectivity index (χ1) is 6.78. The molecule has 2 unspecified atom stereocenters. The molecule has 0 saturated heterocycles. The summed E-state index contributed by atoms with van der Waals surface area (Å²) in [5.74, 6) is 1.51. The van der Waals surface area contributed by atoms with Gasteiger partial charge in [-0.1, -0.05) is 20.8 Å². The summed E-state index contributed by atoms with van der Waals surface area (Å²) in [5, 5.41) is 3.27. The second-order valence-electron chi connectivity index (χ2n) is 4.77. The van der Waals surface area contributed by atoms with Crippen LogP contribution in [0.2, 0.25) is 0 Å². The van der Waals surface area contributed by atoms with E-state index in [9.17, 15) is 8.42 Å². The summed E-state index contributed by atoms with van der Waals surface area (Å²) in [6.07, 6.45) is 2.98. The summed E-state index contributed by atoms with van der Waals surface area (Å²) in [6, 6.07) is 0.423. The van der Waals surface area contributed by atoms with Crippen LogP contribution in [0.25, 0.3) is 0 Å². The molecule has 0 amide bonds. The summed E-state index contributed by atoms with van der Waals surface area (Å²) < 4.78 is 22.0. The van der Waals surface area contributed by atoms with Crippen LogP contribution in [0.15, 0.2) is 0 Å². The first-order valence-corrected chi connectivity index (χ1v) is 7.69. The van der Waals surface area contributed by atoms with Crippen LogP contribution in [0.3, 0.4) is 0 Å². The molecule has 0 aromatic heterocycles. The highest BCUT2D eigenvalue weighted by molar-refractivity contribution is 7.90. The molecule has 0 aliphatic carbocycles. The Morgan fingerprint density at radius 3 is 2.07 bits per heavy atom. The van der Waals surface area contributed by atoms with Gasteiger partial charge in [0.1, 0.15) is 9.84 Å². The average Bonchev–Trinajstić information content (AvgIpc) is 2.09. The zero-order valence-electron chi connectivity index (χ0n) is 10.6. The normalized spacial score (nSPS) is 16.7. The van der Waals surface area contributed by atoms with E-state index >= 15 is 0 Å². The average molecular weight is 235 g/mol. The fourth-order valence-electron chi connectivity index (χ4n) is 1.70. The molecule has 0 bridgehead atoms. The predicted octanol–water partition coefficient (Wildman–Crippen LogP) is 1.69. The minimum atomic E-state index is -2.80. The third kappa shape index (κ3) is 6.90. The molecule has 92 valence electrons. The van der Waals surface area contributed by atoms with Crippen molar-refractivity contribution in [2.75, 3.05) is 19.1 Å². The molecular formula is C11H25NO2S. The molecule has 0 spiro atoms. The minimum Gasteiger partial charge on any atom is -0.317 e. The lowest BCUT2D eigenvalue weighted by Crippen LogP contribution is -2.35. The van der Waals surface area contributed by atoms with Crippen molar-refractivity contribution in [2.45, 2.75) is 39.7 Å². The van der Waals surface area contributed by atoms with Gasteiger partial charge in [0.05, 0.1) is 0 Å². The highest BCUT2D eigenvalue weighted by Crippen LogP contribution is 2.18. The zero-order chi connectivity index (χ0) is 12.1. The largest absolute Gasteiger partial charge is 0.317 e. The van der Waals surface area contributed by atoms with Crippen LogP contribution in [0.5, 0.6) is 0 Å². The first kappa shape index (κ1) is 14.9. The molecule has 0 aliphatic heterocycles. The van der Waals surface area contributed by atoms with Crippen LogP contribution in [0.1, 0.15) is 33.6 Å². The lowest BCUT2D eigenvalue weighted by Gasteiger charge is -2.26. The van der Waals surface area contributed by atoms with Crippen molar-refractivity contribution in [3.8, 4) is 0 Å². The minimum absolute atomic E-state index is 0.302. The lowest BCUT2D eigenvalue weighted by atomic mass is 9.88. The topological polar surface area (TPSA) is 46.2 Å². The fraction of sp³-hybridized carbons (Fsp3) is 1.00. The van der Waals surface area contributed by atoms with Gasteiger partial charge in [-0.15, -0.1) is 0 Å².